The number of carbonyl (C=O) groups excluding carboxylic acids is 1. The van der Waals surface area contributed by atoms with Gasteiger partial charge in [0.2, 0.25) is 5.91 Å². The molecule has 1 amide bonds. The van der Waals surface area contributed by atoms with Crippen molar-refractivity contribution >= 4 is 5.91 Å². The molecule has 0 bridgehead atoms. The maximum absolute atomic E-state index is 11.0. The van der Waals surface area contributed by atoms with Crippen LogP contribution in [0.2, 0.25) is 0 Å². The van der Waals surface area contributed by atoms with Crippen LogP contribution in [0.5, 0.6) is 0 Å². The lowest BCUT2D eigenvalue weighted by Gasteiger charge is -2.07. The summed E-state index contributed by atoms with van der Waals surface area (Å²) in [6, 6.07) is 3.48. The van der Waals surface area contributed by atoms with E-state index in [4.69, 9.17) is 5.73 Å². The number of aromatic nitrogens is 1. The molecule has 72 valence electrons. The van der Waals surface area contributed by atoms with Crippen LogP contribution in [0.4, 0.5) is 0 Å². The quantitative estimate of drug-likeness (QED) is 0.684. The van der Waals surface area contributed by atoms with E-state index in [1.165, 1.54) is 0 Å². The molecular formula is C9H15N3O. The van der Waals surface area contributed by atoms with Crippen LogP contribution in [0.15, 0.2) is 24.5 Å². The van der Waals surface area contributed by atoms with Crippen molar-refractivity contribution in [2.24, 2.45) is 5.73 Å². The number of rotatable bonds is 4. The molecule has 0 fully saturated rings. The summed E-state index contributed by atoms with van der Waals surface area (Å²) in [7, 11) is 0. The predicted molar refractivity (Wildman–Crippen MR) is 51.1 cm³/mol. The van der Waals surface area contributed by atoms with Gasteiger partial charge in [0.25, 0.3) is 0 Å². The Morgan fingerprint density at radius 3 is 2.69 bits per heavy atom. The summed E-state index contributed by atoms with van der Waals surface area (Å²) in [5, 5.41) is 2.74. The third-order valence-electron chi connectivity index (χ3n) is 1.75. The first kappa shape index (κ1) is 9.80. The van der Waals surface area contributed by atoms with E-state index in [9.17, 15) is 4.79 Å². The largest absolute Gasteiger partial charge is 0.353 e. The zero-order valence-electron chi connectivity index (χ0n) is 7.73. The van der Waals surface area contributed by atoms with Crippen LogP contribution < -0.4 is 11.1 Å². The third kappa shape index (κ3) is 3.29. The topological polar surface area (TPSA) is 60.1 Å². The van der Waals surface area contributed by atoms with E-state index in [-0.39, 0.29) is 5.91 Å². The Kier molecular flexibility index (Phi) is 3.52. The SMILES string of the molecule is C[C@H](N)C(=O)NCCn1cccc1. The minimum atomic E-state index is -0.426. The second-order valence-electron chi connectivity index (χ2n) is 3.00. The lowest BCUT2D eigenvalue weighted by molar-refractivity contribution is -0.121. The van der Waals surface area contributed by atoms with Gasteiger partial charge in [-0.25, -0.2) is 0 Å². The smallest absolute Gasteiger partial charge is 0.236 e. The van der Waals surface area contributed by atoms with Crippen LogP contribution in [0.25, 0.3) is 0 Å². The predicted octanol–water partition coefficient (Wildman–Crippen LogP) is -0.0485. The molecule has 0 aliphatic heterocycles. The molecule has 0 saturated carbocycles. The average molecular weight is 181 g/mol. The summed E-state index contributed by atoms with van der Waals surface area (Å²) in [5.41, 5.74) is 5.38. The standard InChI is InChI=1S/C9H15N3O/c1-8(10)9(13)11-4-7-12-5-2-3-6-12/h2-3,5-6,8H,4,7,10H2,1H3,(H,11,13)/t8-/m0/s1. The Balaban J connectivity index is 2.18. The fourth-order valence-corrected chi connectivity index (χ4v) is 0.988. The molecule has 0 aliphatic carbocycles. The fourth-order valence-electron chi connectivity index (χ4n) is 0.988. The van der Waals surface area contributed by atoms with Crippen molar-refractivity contribution in [3.05, 3.63) is 24.5 Å². The Labute approximate surface area is 77.7 Å². The van der Waals surface area contributed by atoms with Crippen molar-refractivity contribution < 1.29 is 4.79 Å². The van der Waals surface area contributed by atoms with Gasteiger partial charge in [-0.1, -0.05) is 0 Å². The summed E-state index contributed by atoms with van der Waals surface area (Å²) in [6.07, 6.45) is 3.91. The molecule has 0 aromatic carbocycles. The van der Waals surface area contributed by atoms with Crippen LogP contribution in [0.3, 0.4) is 0 Å². The molecule has 3 N–H and O–H groups in total. The van der Waals surface area contributed by atoms with E-state index in [0.717, 1.165) is 6.54 Å². The van der Waals surface area contributed by atoms with Gasteiger partial charge in [0, 0.05) is 25.5 Å². The first-order valence-electron chi connectivity index (χ1n) is 4.34. The Hall–Kier alpha value is -1.29. The molecule has 0 unspecified atom stereocenters. The highest BCUT2D eigenvalue weighted by Gasteiger charge is 2.04. The number of hydrogen-bond acceptors (Lipinski definition) is 2. The second kappa shape index (κ2) is 4.67. The number of hydrogen-bond donors (Lipinski definition) is 2. The first-order chi connectivity index (χ1) is 6.20. The number of carbonyl (C=O) groups is 1. The third-order valence-corrected chi connectivity index (χ3v) is 1.75. The monoisotopic (exact) mass is 181 g/mol. The maximum Gasteiger partial charge on any atom is 0.236 e. The van der Waals surface area contributed by atoms with Crippen LogP contribution in [0, 0.1) is 0 Å². The molecule has 4 nitrogen and oxygen atoms in total. The van der Waals surface area contributed by atoms with Gasteiger partial charge in [-0.3, -0.25) is 4.79 Å². The maximum atomic E-state index is 11.0. The molecule has 13 heavy (non-hydrogen) atoms. The van der Waals surface area contributed by atoms with Gasteiger partial charge in [0.05, 0.1) is 6.04 Å². The number of amides is 1. The molecule has 0 aliphatic rings. The normalized spacial score (nSPS) is 12.5. The molecule has 1 aromatic heterocycles. The van der Waals surface area contributed by atoms with Crippen LogP contribution in [0.1, 0.15) is 6.92 Å². The molecular weight excluding hydrogens is 166 g/mol. The van der Waals surface area contributed by atoms with Gasteiger partial charge in [0.15, 0.2) is 0 Å². The molecule has 0 radical (unpaired) electrons. The van der Waals surface area contributed by atoms with Gasteiger partial charge in [-0.15, -0.1) is 0 Å². The highest BCUT2D eigenvalue weighted by atomic mass is 16.2. The summed E-state index contributed by atoms with van der Waals surface area (Å²) in [5.74, 6) is -0.104. The van der Waals surface area contributed by atoms with Gasteiger partial charge >= 0.3 is 0 Å². The van der Waals surface area contributed by atoms with Crippen LogP contribution in [-0.2, 0) is 11.3 Å². The van der Waals surface area contributed by atoms with Crippen molar-refractivity contribution in [1.82, 2.24) is 9.88 Å². The van der Waals surface area contributed by atoms with Crippen molar-refractivity contribution in [3.8, 4) is 0 Å². The molecule has 1 heterocycles. The Morgan fingerprint density at radius 1 is 1.54 bits per heavy atom. The van der Waals surface area contributed by atoms with Crippen LogP contribution in [-0.4, -0.2) is 23.1 Å². The van der Waals surface area contributed by atoms with Gasteiger partial charge in [-0.05, 0) is 19.1 Å². The highest BCUT2D eigenvalue weighted by Crippen LogP contribution is 1.88. The molecule has 1 rings (SSSR count). The van der Waals surface area contributed by atoms with E-state index in [1.807, 2.05) is 29.1 Å². The van der Waals surface area contributed by atoms with Gasteiger partial charge in [0.1, 0.15) is 0 Å². The average Bonchev–Trinajstić information content (AvgIpc) is 2.56. The summed E-state index contributed by atoms with van der Waals surface area (Å²) < 4.78 is 2.00. The molecule has 0 saturated heterocycles. The zero-order valence-corrected chi connectivity index (χ0v) is 7.73. The van der Waals surface area contributed by atoms with E-state index in [2.05, 4.69) is 5.32 Å². The number of nitrogens with two attached hydrogens (primary N) is 1. The number of nitrogens with zero attached hydrogens (tertiary/aromatic N) is 1. The van der Waals surface area contributed by atoms with Crippen LogP contribution >= 0.6 is 0 Å². The molecule has 4 heteroatoms. The highest BCUT2D eigenvalue weighted by molar-refractivity contribution is 5.80. The van der Waals surface area contributed by atoms with Crippen molar-refractivity contribution in [3.63, 3.8) is 0 Å². The minimum Gasteiger partial charge on any atom is -0.353 e. The number of nitrogens with one attached hydrogen (secondary N) is 1. The van der Waals surface area contributed by atoms with Gasteiger partial charge < -0.3 is 15.6 Å². The zero-order chi connectivity index (χ0) is 9.68. The van der Waals surface area contributed by atoms with Crippen molar-refractivity contribution in [2.75, 3.05) is 6.54 Å². The fraction of sp³-hybridized carbons (Fsp3) is 0.444. The molecule has 1 aromatic rings. The lowest BCUT2D eigenvalue weighted by atomic mass is 10.3. The molecule has 1 atom stereocenters. The Morgan fingerprint density at radius 2 is 2.15 bits per heavy atom. The summed E-state index contributed by atoms with van der Waals surface area (Å²) in [4.78, 5) is 11.0. The minimum absolute atomic E-state index is 0.104. The van der Waals surface area contributed by atoms with Crippen molar-refractivity contribution in [2.45, 2.75) is 19.5 Å². The van der Waals surface area contributed by atoms with E-state index < -0.39 is 6.04 Å². The second-order valence-corrected chi connectivity index (χ2v) is 3.00. The molecule has 0 spiro atoms. The van der Waals surface area contributed by atoms with E-state index in [1.54, 1.807) is 6.92 Å². The van der Waals surface area contributed by atoms with Gasteiger partial charge in [-0.2, -0.15) is 0 Å². The van der Waals surface area contributed by atoms with E-state index >= 15 is 0 Å². The Bertz CT molecular complexity index is 254. The summed E-state index contributed by atoms with van der Waals surface area (Å²) >= 11 is 0. The first-order valence-corrected chi connectivity index (χ1v) is 4.34. The van der Waals surface area contributed by atoms with Crippen molar-refractivity contribution in [1.29, 1.82) is 0 Å². The lowest BCUT2D eigenvalue weighted by Crippen LogP contribution is -2.39. The van der Waals surface area contributed by atoms with E-state index in [0.29, 0.717) is 6.54 Å². The summed E-state index contributed by atoms with van der Waals surface area (Å²) in [6.45, 7) is 3.07.